The molecule has 1 amide bonds. The van der Waals surface area contributed by atoms with Crippen molar-refractivity contribution in [2.75, 3.05) is 5.32 Å². The van der Waals surface area contributed by atoms with Crippen LogP contribution in [0.3, 0.4) is 0 Å². The van der Waals surface area contributed by atoms with E-state index in [4.69, 9.17) is 0 Å². The SMILES string of the molecule is O=C(CC1(n2cccc2)CCCCC1)Nc1nn[nH]n1. The largest absolute Gasteiger partial charge is 0.348 e. The molecule has 0 atom stereocenters. The summed E-state index contributed by atoms with van der Waals surface area (Å²) in [5.74, 6) is 0.162. The fourth-order valence-corrected chi connectivity index (χ4v) is 3.07. The second-order valence-electron chi connectivity index (χ2n) is 5.34. The van der Waals surface area contributed by atoms with Crippen molar-refractivity contribution >= 4 is 11.9 Å². The summed E-state index contributed by atoms with van der Waals surface area (Å²) in [7, 11) is 0. The molecular weight excluding hydrogens is 256 g/mol. The maximum Gasteiger partial charge on any atom is 0.269 e. The van der Waals surface area contributed by atoms with Crippen molar-refractivity contribution < 1.29 is 4.79 Å². The predicted octanol–water partition coefficient (Wildman–Crippen LogP) is 1.69. The minimum absolute atomic E-state index is 0.0676. The summed E-state index contributed by atoms with van der Waals surface area (Å²) in [6.07, 6.45) is 10.2. The number of anilines is 1. The molecular formula is C13H18N6O. The van der Waals surface area contributed by atoms with Crippen LogP contribution in [0.5, 0.6) is 0 Å². The van der Waals surface area contributed by atoms with Crippen molar-refractivity contribution in [2.24, 2.45) is 0 Å². The van der Waals surface area contributed by atoms with E-state index in [1.165, 1.54) is 6.42 Å². The quantitative estimate of drug-likeness (QED) is 0.888. The average molecular weight is 274 g/mol. The summed E-state index contributed by atoms with van der Waals surface area (Å²) in [5.41, 5.74) is -0.116. The molecule has 0 spiro atoms. The highest BCUT2D eigenvalue weighted by Crippen LogP contribution is 2.38. The maximum atomic E-state index is 12.2. The molecule has 2 heterocycles. The zero-order valence-electron chi connectivity index (χ0n) is 11.2. The van der Waals surface area contributed by atoms with Gasteiger partial charge in [-0.1, -0.05) is 24.4 Å². The van der Waals surface area contributed by atoms with E-state index in [-0.39, 0.29) is 17.4 Å². The average Bonchev–Trinajstić information content (AvgIpc) is 3.12. The molecule has 0 bridgehead atoms. The van der Waals surface area contributed by atoms with Crippen LogP contribution in [0, 0.1) is 0 Å². The van der Waals surface area contributed by atoms with E-state index in [1.807, 2.05) is 24.5 Å². The Bertz CT molecular complexity index is 541. The van der Waals surface area contributed by atoms with Gasteiger partial charge in [-0.3, -0.25) is 10.1 Å². The Morgan fingerprint density at radius 1 is 1.30 bits per heavy atom. The minimum atomic E-state index is -0.116. The molecule has 1 aliphatic rings. The van der Waals surface area contributed by atoms with Crippen molar-refractivity contribution in [1.29, 1.82) is 0 Å². The number of carbonyl (C=O) groups is 1. The van der Waals surface area contributed by atoms with Gasteiger partial charge in [-0.15, -0.1) is 5.10 Å². The Hall–Kier alpha value is -2.18. The standard InChI is InChI=1S/C13H18N6O/c20-11(14-12-15-17-18-16-12)10-13(6-2-1-3-7-13)19-8-4-5-9-19/h4-5,8-9H,1-3,6-7,10H2,(H2,14,15,16,17,18,20). The monoisotopic (exact) mass is 274 g/mol. The van der Waals surface area contributed by atoms with Crippen LogP contribution in [0.15, 0.2) is 24.5 Å². The first-order valence-electron chi connectivity index (χ1n) is 6.95. The zero-order valence-corrected chi connectivity index (χ0v) is 11.2. The first-order chi connectivity index (χ1) is 9.78. The number of aromatic amines is 1. The number of aromatic nitrogens is 5. The summed E-state index contributed by atoms with van der Waals surface area (Å²) in [6.45, 7) is 0. The lowest BCUT2D eigenvalue weighted by Crippen LogP contribution is -2.38. The summed E-state index contributed by atoms with van der Waals surface area (Å²) in [4.78, 5) is 12.2. The van der Waals surface area contributed by atoms with Crippen LogP contribution in [0.4, 0.5) is 5.95 Å². The number of hydrogen-bond donors (Lipinski definition) is 2. The molecule has 106 valence electrons. The molecule has 0 unspecified atom stereocenters. The number of H-pyrrole nitrogens is 1. The Morgan fingerprint density at radius 2 is 2.05 bits per heavy atom. The van der Waals surface area contributed by atoms with Crippen molar-refractivity contribution in [3.05, 3.63) is 24.5 Å². The van der Waals surface area contributed by atoms with Gasteiger partial charge >= 0.3 is 0 Å². The fraction of sp³-hybridized carbons (Fsp3) is 0.538. The first kappa shape index (κ1) is 12.8. The molecule has 1 aliphatic carbocycles. The van der Waals surface area contributed by atoms with Crippen molar-refractivity contribution in [1.82, 2.24) is 25.2 Å². The number of tetrazole rings is 1. The molecule has 0 radical (unpaired) electrons. The van der Waals surface area contributed by atoms with Gasteiger partial charge in [0.2, 0.25) is 5.91 Å². The van der Waals surface area contributed by atoms with E-state index in [0.29, 0.717) is 6.42 Å². The van der Waals surface area contributed by atoms with Crippen molar-refractivity contribution in [2.45, 2.75) is 44.1 Å². The molecule has 20 heavy (non-hydrogen) atoms. The van der Waals surface area contributed by atoms with Crippen molar-refractivity contribution in [3.63, 3.8) is 0 Å². The molecule has 2 aromatic heterocycles. The lowest BCUT2D eigenvalue weighted by atomic mass is 9.79. The summed E-state index contributed by atoms with van der Waals surface area (Å²) in [5, 5.41) is 15.9. The van der Waals surface area contributed by atoms with E-state index in [9.17, 15) is 4.79 Å². The van der Waals surface area contributed by atoms with Crippen LogP contribution in [0.2, 0.25) is 0 Å². The number of rotatable bonds is 4. The summed E-state index contributed by atoms with van der Waals surface area (Å²) < 4.78 is 2.18. The van der Waals surface area contributed by atoms with Gasteiger partial charge in [0.1, 0.15) is 0 Å². The number of amides is 1. The number of nitrogens with one attached hydrogen (secondary N) is 2. The van der Waals surface area contributed by atoms with Gasteiger partial charge in [0, 0.05) is 12.4 Å². The molecule has 2 aromatic rings. The third-order valence-corrected chi connectivity index (χ3v) is 4.02. The molecule has 3 rings (SSSR count). The van der Waals surface area contributed by atoms with Gasteiger partial charge in [-0.05, 0) is 30.2 Å². The molecule has 7 nitrogen and oxygen atoms in total. The second kappa shape index (κ2) is 5.44. The third-order valence-electron chi connectivity index (χ3n) is 4.02. The highest BCUT2D eigenvalue weighted by atomic mass is 16.1. The Balaban J connectivity index is 1.75. The van der Waals surface area contributed by atoms with E-state index < -0.39 is 0 Å². The fourth-order valence-electron chi connectivity index (χ4n) is 3.07. The first-order valence-corrected chi connectivity index (χ1v) is 6.95. The Morgan fingerprint density at radius 3 is 2.70 bits per heavy atom. The lowest BCUT2D eigenvalue weighted by molar-refractivity contribution is -0.118. The van der Waals surface area contributed by atoms with E-state index in [1.54, 1.807) is 0 Å². The van der Waals surface area contributed by atoms with E-state index >= 15 is 0 Å². The highest BCUT2D eigenvalue weighted by Gasteiger charge is 2.35. The lowest BCUT2D eigenvalue weighted by Gasteiger charge is -2.38. The van der Waals surface area contributed by atoms with E-state index in [0.717, 1.165) is 25.7 Å². The van der Waals surface area contributed by atoms with Gasteiger partial charge in [0.05, 0.1) is 12.0 Å². The molecule has 0 aliphatic heterocycles. The zero-order chi connectivity index (χ0) is 13.8. The molecule has 7 heteroatoms. The smallest absolute Gasteiger partial charge is 0.269 e. The minimum Gasteiger partial charge on any atom is -0.348 e. The third kappa shape index (κ3) is 2.56. The molecule has 0 saturated heterocycles. The highest BCUT2D eigenvalue weighted by molar-refractivity contribution is 5.89. The number of nitrogens with zero attached hydrogens (tertiary/aromatic N) is 4. The van der Waals surface area contributed by atoms with Gasteiger partial charge in [-0.2, -0.15) is 5.21 Å². The van der Waals surface area contributed by atoms with Gasteiger partial charge in [0.25, 0.3) is 5.95 Å². The summed E-state index contributed by atoms with van der Waals surface area (Å²) >= 11 is 0. The van der Waals surface area contributed by atoms with Gasteiger partial charge < -0.3 is 4.57 Å². The number of hydrogen-bond acceptors (Lipinski definition) is 4. The molecule has 0 aromatic carbocycles. The van der Waals surface area contributed by atoms with Crippen LogP contribution in [-0.4, -0.2) is 31.1 Å². The molecule has 1 saturated carbocycles. The Labute approximate surface area is 116 Å². The van der Waals surface area contributed by atoms with Crippen LogP contribution >= 0.6 is 0 Å². The molecule has 2 N–H and O–H groups in total. The second-order valence-corrected chi connectivity index (χ2v) is 5.34. The van der Waals surface area contributed by atoms with Crippen molar-refractivity contribution in [3.8, 4) is 0 Å². The van der Waals surface area contributed by atoms with Crippen LogP contribution in [0.1, 0.15) is 38.5 Å². The van der Waals surface area contributed by atoms with E-state index in [2.05, 4.69) is 30.5 Å². The van der Waals surface area contributed by atoms with Crippen LogP contribution in [0.25, 0.3) is 0 Å². The predicted molar refractivity (Wildman–Crippen MR) is 72.9 cm³/mol. The Kier molecular flexibility index (Phi) is 3.49. The van der Waals surface area contributed by atoms with Crippen LogP contribution < -0.4 is 5.32 Å². The topological polar surface area (TPSA) is 88.5 Å². The van der Waals surface area contributed by atoms with Crippen LogP contribution in [-0.2, 0) is 10.3 Å². The normalized spacial score (nSPS) is 17.8. The van der Waals surface area contributed by atoms with Gasteiger partial charge in [-0.25, -0.2) is 0 Å². The maximum absolute atomic E-state index is 12.2. The molecule has 1 fully saturated rings. The summed E-state index contributed by atoms with van der Waals surface area (Å²) in [6, 6.07) is 4.01. The van der Waals surface area contributed by atoms with Gasteiger partial charge in [0.15, 0.2) is 0 Å². The number of carbonyl (C=O) groups excluding carboxylic acids is 1.